The lowest BCUT2D eigenvalue weighted by Crippen LogP contribution is -2.43. The van der Waals surface area contributed by atoms with Crippen molar-refractivity contribution in [3.63, 3.8) is 0 Å². The highest BCUT2D eigenvalue weighted by Crippen LogP contribution is 2.31. The molecule has 3 aromatic carbocycles. The van der Waals surface area contributed by atoms with Crippen LogP contribution in [-0.2, 0) is 27.3 Å². The Hall–Kier alpha value is -4.38. The molecule has 10 nitrogen and oxygen atoms in total. The predicted octanol–water partition coefficient (Wildman–Crippen LogP) is 10.1. The number of carbonyl (C=O) groups excluding carboxylic acids is 4. The van der Waals surface area contributed by atoms with E-state index in [9.17, 15) is 19.2 Å². The second-order valence-electron chi connectivity index (χ2n) is 16.1. The Kier molecular flexibility index (Phi) is 12.8. The minimum Gasteiger partial charge on any atom is -0.443 e. The Morgan fingerprint density at radius 3 is 1.77 bits per heavy atom. The van der Waals surface area contributed by atoms with Gasteiger partial charge in [-0.2, -0.15) is 0 Å². The molecule has 4 amide bonds. The number of anilines is 1. The monoisotopic (exact) mass is 777 g/mol. The lowest BCUT2D eigenvalue weighted by Gasteiger charge is -2.33. The number of nitrogens with zero attached hydrogens (tertiary/aromatic N) is 3. The first-order valence-corrected chi connectivity index (χ1v) is 18.4. The number of piperidine rings is 1. The molecule has 1 saturated heterocycles. The van der Waals surface area contributed by atoms with Gasteiger partial charge in [0.25, 0.3) is 5.91 Å². The van der Waals surface area contributed by atoms with Gasteiger partial charge in [-0.05, 0) is 128 Å². The molecule has 0 N–H and O–H groups in total. The van der Waals surface area contributed by atoms with Gasteiger partial charge in [0.1, 0.15) is 16.8 Å². The number of hydrogen-bond acceptors (Lipinski definition) is 7. The highest BCUT2D eigenvalue weighted by molar-refractivity contribution is 9.10. The fourth-order valence-corrected chi connectivity index (χ4v) is 5.99. The largest absolute Gasteiger partial charge is 0.443 e. The van der Waals surface area contributed by atoms with Crippen molar-refractivity contribution in [2.75, 3.05) is 18.0 Å². The molecule has 0 atom stereocenters. The van der Waals surface area contributed by atoms with Gasteiger partial charge < -0.3 is 19.1 Å². The van der Waals surface area contributed by atoms with Crippen molar-refractivity contribution >= 4 is 45.8 Å². The number of likely N-dealkylation sites (tertiary alicyclic amines) is 1. The Morgan fingerprint density at radius 2 is 1.21 bits per heavy atom. The summed E-state index contributed by atoms with van der Waals surface area (Å²) in [5.74, 6) is 0.0765. The molecule has 1 aliphatic heterocycles. The van der Waals surface area contributed by atoms with E-state index < -0.39 is 35.1 Å². The van der Waals surface area contributed by atoms with E-state index in [0.29, 0.717) is 24.3 Å². The Bertz CT molecular complexity index is 1700. The summed E-state index contributed by atoms with van der Waals surface area (Å²) in [7, 11) is 0. The number of hydrogen-bond donors (Lipinski definition) is 0. The summed E-state index contributed by atoms with van der Waals surface area (Å²) in [6.45, 7) is 17.3. The minimum absolute atomic E-state index is 0.00648. The van der Waals surface area contributed by atoms with Crippen molar-refractivity contribution in [2.24, 2.45) is 0 Å². The zero-order chi connectivity index (χ0) is 38.4. The number of imide groups is 1. The first kappa shape index (κ1) is 40.4. The minimum atomic E-state index is -0.788. The summed E-state index contributed by atoms with van der Waals surface area (Å²) in [6.07, 6.45) is -0.561. The van der Waals surface area contributed by atoms with Gasteiger partial charge in [0.2, 0.25) is 0 Å². The highest BCUT2D eigenvalue weighted by atomic mass is 79.9. The molecule has 1 fully saturated rings. The average molecular weight is 779 g/mol. The van der Waals surface area contributed by atoms with Crippen molar-refractivity contribution in [3.8, 4) is 0 Å². The number of benzene rings is 3. The Labute approximate surface area is 316 Å². The van der Waals surface area contributed by atoms with Crippen LogP contribution in [-0.4, -0.2) is 63.9 Å². The number of ether oxygens (including phenoxy) is 3. The van der Waals surface area contributed by atoms with Gasteiger partial charge in [0.05, 0.1) is 13.1 Å². The molecule has 0 aliphatic carbocycles. The molecule has 0 bridgehead atoms. The van der Waals surface area contributed by atoms with Crippen LogP contribution < -0.4 is 4.90 Å². The molecule has 11 heteroatoms. The van der Waals surface area contributed by atoms with E-state index in [1.54, 1.807) is 64.6 Å². The second-order valence-corrected chi connectivity index (χ2v) is 17.0. The zero-order valence-corrected chi connectivity index (χ0v) is 33.4. The molecule has 1 aliphatic rings. The second kappa shape index (κ2) is 16.5. The normalized spacial score (nSPS) is 14.0. The first-order valence-electron chi connectivity index (χ1n) is 17.6. The molecule has 280 valence electrons. The maximum atomic E-state index is 13.8. The first-order chi connectivity index (χ1) is 24.2. The topological polar surface area (TPSA) is 106 Å². The molecule has 4 rings (SSSR count). The van der Waals surface area contributed by atoms with Crippen LogP contribution in [0.3, 0.4) is 0 Å². The lowest BCUT2D eigenvalue weighted by molar-refractivity contribution is -0.000316. The third kappa shape index (κ3) is 12.1. The van der Waals surface area contributed by atoms with Gasteiger partial charge in [-0.25, -0.2) is 19.3 Å². The van der Waals surface area contributed by atoms with Crippen molar-refractivity contribution in [2.45, 2.75) is 111 Å². The summed E-state index contributed by atoms with van der Waals surface area (Å²) >= 11 is 3.46. The van der Waals surface area contributed by atoms with E-state index in [4.69, 9.17) is 14.2 Å². The zero-order valence-electron chi connectivity index (χ0n) is 31.8. The fourth-order valence-electron chi connectivity index (χ4n) is 5.72. The van der Waals surface area contributed by atoms with Crippen LogP contribution in [0.15, 0.2) is 77.3 Å². The van der Waals surface area contributed by atoms with Crippen molar-refractivity contribution in [1.82, 2.24) is 9.80 Å². The summed E-state index contributed by atoms with van der Waals surface area (Å²) in [5.41, 5.74) is 1.55. The van der Waals surface area contributed by atoms with Gasteiger partial charge in [-0.15, -0.1) is 0 Å². The van der Waals surface area contributed by atoms with Crippen molar-refractivity contribution in [1.29, 1.82) is 0 Å². The van der Waals surface area contributed by atoms with E-state index in [2.05, 4.69) is 15.9 Å². The van der Waals surface area contributed by atoms with Gasteiger partial charge in [0, 0.05) is 28.8 Å². The van der Waals surface area contributed by atoms with Gasteiger partial charge in [0.15, 0.2) is 0 Å². The van der Waals surface area contributed by atoms with Crippen LogP contribution in [0, 0.1) is 0 Å². The summed E-state index contributed by atoms with van der Waals surface area (Å²) < 4.78 is 17.7. The maximum Gasteiger partial charge on any atom is 0.420 e. The maximum absolute atomic E-state index is 13.8. The summed E-state index contributed by atoms with van der Waals surface area (Å²) in [4.78, 5) is 57.7. The van der Waals surface area contributed by atoms with Crippen LogP contribution in [0.4, 0.5) is 20.1 Å². The van der Waals surface area contributed by atoms with E-state index in [-0.39, 0.29) is 24.9 Å². The standard InChI is InChI=1S/C41H52BrN3O7/c1-39(2,3)50-36(47)44(26-28-16-18-33(42)19-17-28)34-15-11-14-32(25-34)35(46)43-22-20-30(21-23-43)31-13-10-12-29(24-31)27-45(37(48)51-40(4,5)6)38(49)52-41(7,8)9/h10-19,24-25,30H,20-23,26-27H2,1-9H3. The number of halogens is 1. The van der Waals surface area contributed by atoms with E-state index >= 15 is 0 Å². The van der Waals surface area contributed by atoms with E-state index in [0.717, 1.165) is 38.9 Å². The molecule has 0 aromatic heterocycles. The van der Waals surface area contributed by atoms with Crippen LogP contribution in [0.2, 0.25) is 0 Å². The molecule has 0 saturated carbocycles. The SMILES string of the molecule is CC(C)(C)OC(=O)N(Cc1cccc(C2CCN(C(=O)c3cccc(N(Cc4ccc(Br)cc4)C(=O)OC(C)(C)C)c3)CC2)c1)C(=O)OC(C)(C)C. The molecular formula is C41H52BrN3O7. The third-order valence-corrected chi connectivity index (χ3v) is 8.57. The van der Waals surface area contributed by atoms with Crippen molar-refractivity contribution < 1.29 is 33.4 Å². The number of rotatable bonds is 7. The molecule has 0 unspecified atom stereocenters. The molecule has 1 heterocycles. The third-order valence-electron chi connectivity index (χ3n) is 8.05. The number of amides is 4. The smallest absolute Gasteiger partial charge is 0.420 e. The quantitative estimate of drug-likeness (QED) is 0.220. The van der Waals surface area contributed by atoms with Crippen LogP contribution in [0.1, 0.15) is 108 Å². The predicted molar refractivity (Wildman–Crippen MR) is 205 cm³/mol. The van der Waals surface area contributed by atoms with Gasteiger partial charge in [-0.1, -0.05) is 58.4 Å². The fraction of sp³-hybridized carbons (Fsp3) is 0.463. The molecule has 52 heavy (non-hydrogen) atoms. The van der Waals surface area contributed by atoms with Crippen molar-refractivity contribution in [3.05, 3.63) is 99.5 Å². The van der Waals surface area contributed by atoms with Gasteiger partial charge >= 0.3 is 18.3 Å². The highest BCUT2D eigenvalue weighted by Gasteiger charge is 2.32. The van der Waals surface area contributed by atoms with E-state index in [1.807, 2.05) is 80.3 Å². The molecule has 0 radical (unpaired) electrons. The van der Waals surface area contributed by atoms with Gasteiger partial charge in [-0.3, -0.25) is 9.69 Å². The number of carbonyl (C=O) groups is 4. The van der Waals surface area contributed by atoms with Crippen LogP contribution >= 0.6 is 15.9 Å². The summed E-state index contributed by atoms with van der Waals surface area (Å²) in [5, 5.41) is 0. The average Bonchev–Trinajstić information content (AvgIpc) is 3.04. The van der Waals surface area contributed by atoms with E-state index in [1.165, 1.54) is 0 Å². The molecule has 0 spiro atoms. The van der Waals surface area contributed by atoms with Crippen LogP contribution in [0.25, 0.3) is 0 Å². The Morgan fingerprint density at radius 1 is 0.673 bits per heavy atom. The summed E-state index contributed by atoms with van der Waals surface area (Å²) in [6, 6.07) is 22.7. The Balaban J connectivity index is 1.46. The lowest BCUT2D eigenvalue weighted by atomic mass is 9.88. The molecular weight excluding hydrogens is 726 g/mol. The van der Waals surface area contributed by atoms with Crippen LogP contribution in [0.5, 0.6) is 0 Å². The molecule has 3 aromatic rings.